The molecule has 0 radical (unpaired) electrons. The van der Waals surface area contributed by atoms with Crippen molar-refractivity contribution in [3.63, 3.8) is 0 Å². The Bertz CT molecular complexity index is 1430. The molecule has 35 heavy (non-hydrogen) atoms. The van der Waals surface area contributed by atoms with Gasteiger partial charge in [-0.3, -0.25) is 9.69 Å². The highest BCUT2D eigenvalue weighted by Crippen LogP contribution is 2.38. The van der Waals surface area contributed by atoms with Gasteiger partial charge in [0.05, 0.1) is 17.9 Å². The third-order valence-electron chi connectivity index (χ3n) is 6.41. The van der Waals surface area contributed by atoms with Crippen molar-refractivity contribution in [1.29, 1.82) is 0 Å². The zero-order valence-electron chi connectivity index (χ0n) is 19.0. The van der Waals surface area contributed by atoms with Crippen molar-refractivity contribution in [2.45, 2.75) is 19.0 Å². The maximum absolute atomic E-state index is 13.6. The van der Waals surface area contributed by atoms with Crippen LogP contribution < -0.4 is 14.8 Å². The normalized spacial score (nSPS) is 18.7. The molecule has 0 saturated carbocycles. The molecule has 1 atom stereocenters. The topological polar surface area (TPSA) is 85.7 Å². The predicted octanol–water partition coefficient (Wildman–Crippen LogP) is 4.24. The lowest BCUT2D eigenvalue weighted by Gasteiger charge is -2.22. The average molecular weight is 466 g/mol. The van der Waals surface area contributed by atoms with Gasteiger partial charge in [0.2, 0.25) is 6.79 Å². The molecular formula is C27H22N4O4. The number of nitrogens with one attached hydrogen (secondary N) is 1. The summed E-state index contributed by atoms with van der Waals surface area (Å²) in [5.41, 5.74) is 2.68. The summed E-state index contributed by atoms with van der Waals surface area (Å²) in [6.45, 7) is 1.92. The quantitative estimate of drug-likeness (QED) is 0.445. The summed E-state index contributed by atoms with van der Waals surface area (Å²) < 4.78 is 12.6. The van der Waals surface area contributed by atoms with Crippen LogP contribution >= 0.6 is 0 Å². The second-order valence-electron chi connectivity index (χ2n) is 8.66. The zero-order chi connectivity index (χ0) is 24.0. The Morgan fingerprint density at radius 2 is 1.66 bits per heavy atom. The first kappa shape index (κ1) is 21.0. The zero-order valence-corrected chi connectivity index (χ0v) is 19.0. The number of amides is 3. The summed E-state index contributed by atoms with van der Waals surface area (Å²) >= 11 is 0. The van der Waals surface area contributed by atoms with Crippen LogP contribution in [0.5, 0.6) is 11.5 Å². The molecule has 1 aromatic heterocycles. The lowest BCUT2D eigenvalue weighted by molar-refractivity contribution is -0.131. The van der Waals surface area contributed by atoms with Gasteiger partial charge in [-0.05, 0) is 36.8 Å². The fourth-order valence-electron chi connectivity index (χ4n) is 4.49. The Kier molecular flexibility index (Phi) is 4.81. The van der Waals surface area contributed by atoms with Gasteiger partial charge >= 0.3 is 6.03 Å². The van der Waals surface area contributed by atoms with Gasteiger partial charge in [0.25, 0.3) is 5.91 Å². The Morgan fingerprint density at radius 3 is 2.43 bits per heavy atom. The van der Waals surface area contributed by atoms with Crippen LogP contribution in [0.15, 0.2) is 85.1 Å². The van der Waals surface area contributed by atoms with E-state index in [-0.39, 0.29) is 19.2 Å². The smallest absolute Gasteiger partial charge is 0.325 e. The number of benzene rings is 3. The first-order valence-corrected chi connectivity index (χ1v) is 11.3. The number of para-hydroxylation sites is 1. The van der Waals surface area contributed by atoms with E-state index in [0.717, 1.165) is 16.8 Å². The number of fused-ring (bicyclic) bond motifs is 1. The number of hydrogen-bond acceptors (Lipinski definition) is 5. The summed E-state index contributed by atoms with van der Waals surface area (Å²) in [6.07, 6.45) is 1.87. The Morgan fingerprint density at radius 1 is 0.943 bits per heavy atom. The molecule has 2 aliphatic rings. The van der Waals surface area contributed by atoms with Gasteiger partial charge in [-0.2, -0.15) is 5.10 Å². The van der Waals surface area contributed by atoms with Crippen LogP contribution in [0.1, 0.15) is 18.1 Å². The van der Waals surface area contributed by atoms with E-state index in [4.69, 9.17) is 14.6 Å². The molecule has 0 bridgehead atoms. The maximum Gasteiger partial charge on any atom is 0.325 e. The van der Waals surface area contributed by atoms with Crippen molar-refractivity contribution < 1.29 is 19.1 Å². The third kappa shape index (κ3) is 3.50. The Hall–Kier alpha value is -4.59. The van der Waals surface area contributed by atoms with Crippen molar-refractivity contribution in [2.75, 3.05) is 6.79 Å². The van der Waals surface area contributed by atoms with E-state index in [9.17, 15) is 9.59 Å². The first-order chi connectivity index (χ1) is 17.0. The lowest BCUT2D eigenvalue weighted by atomic mass is 9.91. The number of imide groups is 1. The SMILES string of the molecule is CC1(c2ccc3c(c2)OCO3)NC(=O)N(Cc2cn(-c3ccccc3)nc2-c2ccccc2)C1=O. The van der Waals surface area contributed by atoms with Gasteiger partial charge in [-0.15, -0.1) is 0 Å². The molecule has 6 rings (SSSR count). The molecular weight excluding hydrogens is 444 g/mol. The van der Waals surface area contributed by atoms with Crippen LogP contribution in [-0.4, -0.2) is 33.4 Å². The average Bonchev–Trinajstić information content (AvgIpc) is 3.59. The third-order valence-corrected chi connectivity index (χ3v) is 6.41. The Labute approximate surface area is 201 Å². The molecule has 0 spiro atoms. The van der Waals surface area contributed by atoms with Crippen molar-refractivity contribution in [2.24, 2.45) is 0 Å². The number of carbonyl (C=O) groups excluding carboxylic acids is 2. The summed E-state index contributed by atoms with van der Waals surface area (Å²) in [7, 11) is 0. The van der Waals surface area contributed by atoms with Gasteiger partial charge < -0.3 is 14.8 Å². The van der Waals surface area contributed by atoms with Crippen LogP contribution in [-0.2, 0) is 16.9 Å². The van der Waals surface area contributed by atoms with Crippen LogP contribution in [0, 0.1) is 0 Å². The standard InChI is InChI=1S/C27H22N4O4/c1-27(20-12-13-22-23(14-20)35-17-34-22)25(32)30(26(33)28-27)15-19-16-31(21-10-6-3-7-11-21)29-24(19)18-8-4-2-5-9-18/h2-14,16H,15,17H2,1H3,(H,28,33). The van der Waals surface area contributed by atoms with Crippen molar-refractivity contribution in [1.82, 2.24) is 20.0 Å². The molecule has 3 heterocycles. The molecule has 1 N–H and O–H groups in total. The van der Waals surface area contributed by atoms with E-state index in [2.05, 4.69) is 5.32 Å². The molecule has 8 heteroatoms. The van der Waals surface area contributed by atoms with Gasteiger partial charge in [-0.25, -0.2) is 9.48 Å². The largest absolute Gasteiger partial charge is 0.454 e. The van der Waals surface area contributed by atoms with E-state index in [0.29, 0.717) is 22.8 Å². The fraction of sp³-hybridized carbons (Fsp3) is 0.148. The monoisotopic (exact) mass is 466 g/mol. The number of rotatable bonds is 5. The summed E-state index contributed by atoms with van der Waals surface area (Å²) in [6, 6.07) is 24.3. The predicted molar refractivity (Wildman–Crippen MR) is 128 cm³/mol. The fourth-order valence-corrected chi connectivity index (χ4v) is 4.49. The molecule has 174 valence electrons. The van der Waals surface area contributed by atoms with Crippen molar-refractivity contribution in [3.8, 4) is 28.4 Å². The van der Waals surface area contributed by atoms with Gasteiger partial charge in [0.1, 0.15) is 5.54 Å². The van der Waals surface area contributed by atoms with Crippen LogP contribution in [0.2, 0.25) is 0 Å². The van der Waals surface area contributed by atoms with Crippen LogP contribution in [0.4, 0.5) is 4.79 Å². The minimum absolute atomic E-state index is 0.0852. The van der Waals surface area contributed by atoms with E-state index < -0.39 is 11.6 Å². The summed E-state index contributed by atoms with van der Waals surface area (Å²) in [5.74, 6) is 0.833. The summed E-state index contributed by atoms with van der Waals surface area (Å²) in [5, 5.41) is 7.66. The minimum atomic E-state index is -1.22. The maximum atomic E-state index is 13.6. The van der Waals surface area contributed by atoms with Crippen LogP contribution in [0.25, 0.3) is 16.9 Å². The molecule has 4 aromatic rings. The number of aromatic nitrogens is 2. The summed E-state index contributed by atoms with van der Waals surface area (Å²) in [4.78, 5) is 27.9. The highest BCUT2D eigenvalue weighted by Gasteiger charge is 2.49. The lowest BCUT2D eigenvalue weighted by Crippen LogP contribution is -2.40. The number of carbonyl (C=O) groups is 2. The van der Waals surface area contributed by atoms with Gasteiger partial charge in [-0.1, -0.05) is 54.6 Å². The van der Waals surface area contributed by atoms with E-state index in [1.54, 1.807) is 29.8 Å². The van der Waals surface area contributed by atoms with E-state index in [1.807, 2.05) is 66.9 Å². The highest BCUT2D eigenvalue weighted by molar-refractivity contribution is 6.07. The molecule has 1 unspecified atom stereocenters. The van der Waals surface area contributed by atoms with Crippen LogP contribution in [0.3, 0.4) is 0 Å². The number of nitrogens with zero attached hydrogens (tertiary/aromatic N) is 3. The molecule has 1 fully saturated rings. The van der Waals surface area contributed by atoms with Gasteiger partial charge in [0, 0.05) is 17.3 Å². The number of ether oxygens (including phenoxy) is 2. The second-order valence-corrected chi connectivity index (χ2v) is 8.66. The molecule has 0 aliphatic carbocycles. The first-order valence-electron chi connectivity index (χ1n) is 11.3. The molecule has 2 aliphatic heterocycles. The Balaban J connectivity index is 1.36. The number of hydrogen-bond donors (Lipinski definition) is 1. The van der Waals surface area contributed by atoms with Crippen molar-refractivity contribution in [3.05, 3.63) is 96.2 Å². The van der Waals surface area contributed by atoms with Crippen molar-refractivity contribution >= 4 is 11.9 Å². The molecule has 8 nitrogen and oxygen atoms in total. The highest BCUT2D eigenvalue weighted by atomic mass is 16.7. The molecule has 3 aromatic carbocycles. The molecule has 3 amide bonds. The van der Waals surface area contributed by atoms with E-state index in [1.165, 1.54) is 4.90 Å². The van der Waals surface area contributed by atoms with E-state index >= 15 is 0 Å². The van der Waals surface area contributed by atoms with Gasteiger partial charge in [0.15, 0.2) is 11.5 Å². The second kappa shape index (κ2) is 8.02. The minimum Gasteiger partial charge on any atom is -0.454 e. The molecule has 1 saturated heterocycles. The number of urea groups is 1.